The predicted molar refractivity (Wildman–Crippen MR) is 156 cm³/mol. The fraction of sp³-hybridized carbons (Fsp3) is 0.276. The van der Waals surface area contributed by atoms with Crippen LogP contribution in [0.2, 0.25) is 15.1 Å². The minimum Gasteiger partial charge on any atom is -0.326 e. The third kappa shape index (κ3) is 6.05. The summed E-state index contributed by atoms with van der Waals surface area (Å²) in [5.74, 6) is -1.80. The predicted octanol–water partition coefficient (Wildman–Crippen LogP) is 8.35. The van der Waals surface area contributed by atoms with Gasteiger partial charge in [0.05, 0.1) is 10.9 Å². The van der Waals surface area contributed by atoms with Crippen LogP contribution in [0, 0.1) is 19.8 Å². The van der Waals surface area contributed by atoms with Gasteiger partial charge in [0, 0.05) is 40.1 Å². The lowest BCUT2D eigenvalue weighted by molar-refractivity contribution is -0.117. The largest absolute Gasteiger partial charge is 0.326 e. The summed E-state index contributed by atoms with van der Waals surface area (Å²) in [6.07, 6.45) is 0.412. The number of alkyl halides is 2. The van der Waals surface area contributed by atoms with Crippen LogP contribution < -0.4 is 5.32 Å². The van der Waals surface area contributed by atoms with Crippen LogP contribution in [0.3, 0.4) is 0 Å². The number of hydrogen-bond acceptors (Lipinski definition) is 3. The summed E-state index contributed by atoms with van der Waals surface area (Å²) in [5, 5.41) is 3.90. The van der Waals surface area contributed by atoms with Crippen molar-refractivity contribution in [3.8, 4) is 0 Å². The molecule has 1 fully saturated rings. The monoisotopic (exact) mass is 609 g/mol. The molecule has 0 spiro atoms. The minimum atomic E-state index is -1.33. The maximum absolute atomic E-state index is 13.3. The van der Waals surface area contributed by atoms with Crippen molar-refractivity contribution in [2.45, 2.75) is 43.9 Å². The van der Waals surface area contributed by atoms with Crippen LogP contribution in [0.4, 0.5) is 5.69 Å². The zero-order valence-electron chi connectivity index (χ0n) is 20.8. The van der Waals surface area contributed by atoms with E-state index < -0.39 is 22.1 Å². The Morgan fingerprint density at radius 3 is 2.18 bits per heavy atom. The van der Waals surface area contributed by atoms with Crippen molar-refractivity contribution in [1.82, 2.24) is 0 Å². The fourth-order valence-electron chi connectivity index (χ4n) is 4.78. The quantitative estimate of drug-likeness (QED) is 0.206. The molecule has 198 valence electrons. The summed E-state index contributed by atoms with van der Waals surface area (Å²) in [6.45, 7) is 5.40. The zero-order valence-corrected chi connectivity index (χ0v) is 24.6. The molecule has 1 aliphatic carbocycles. The molecule has 2 atom stereocenters. The Hall–Kier alpha value is -2.08. The van der Waals surface area contributed by atoms with E-state index in [0.29, 0.717) is 27.7 Å². The number of carbonyl (C=O) groups excluding carboxylic acids is 3. The fourth-order valence-corrected chi connectivity index (χ4v) is 6.37. The first-order chi connectivity index (χ1) is 17.8. The van der Waals surface area contributed by atoms with E-state index in [1.165, 1.54) is 0 Å². The first-order valence-electron chi connectivity index (χ1n) is 11.8. The SMILES string of the molecule is CC(=O)Cc1c(C)ccc(CC(=O)c2cc(NC(=O)C3C(c4cc(Cl)cc(Cl)c4)C3(Cl)Cl)ccc2Cl)c1C. The Morgan fingerprint density at radius 1 is 0.895 bits per heavy atom. The lowest BCUT2D eigenvalue weighted by Gasteiger charge is -2.14. The van der Waals surface area contributed by atoms with E-state index >= 15 is 0 Å². The standard InChI is InChI=1S/C29H24Cl5NO3/c1-14-4-5-17(16(3)22(14)8-15(2)36)11-25(37)23-13-21(6-7-24(23)32)35-28(38)27-26(29(27,33)34)18-9-19(30)12-20(31)10-18/h4-7,9-10,12-13,26-27H,8,11H2,1-3H3,(H,35,38). The Balaban J connectivity index is 1.53. The molecule has 1 aliphatic rings. The first kappa shape index (κ1) is 28.9. The molecule has 3 aromatic carbocycles. The lowest BCUT2D eigenvalue weighted by Crippen LogP contribution is -2.17. The highest BCUT2D eigenvalue weighted by molar-refractivity contribution is 6.53. The topological polar surface area (TPSA) is 63.2 Å². The number of halogens is 5. The molecular weight excluding hydrogens is 588 g/mol. The van der Waals surface area contributed by atoms with Crippen molar-refractivity contribution < 1.29 is 14.4 Å². The van der Waals surface area contributed by atoms with E-state index in [9.17, 15) is 14.4 Å². The number of hydrogen-bond donors (Lipinski definition) is 1. The molecule has 4 rings (SSSR count). The molecule has 3 aromatic rings. The Morgan fingerprint density at radius 2 is 1.55 bits per heavy atom. The van der Waals surface area contributed by atoms with Gasteiger partial charge in [-0.2, -0.15) is 0 Å². The van der Waals surface area contributed by atoms with E-state index in [2.05, 4.69) is 5.32 Å². The molecule has 1 N–H and O–H groups in total. The highest BCUT2D eigenvalue weighted by atomic mass is 35.5. The average molecular weight is 612 g/mol. The molecule has 0 bridgehead atoms. The van der Waals surface area contributed by atoms with Crippen LogP contribution in [0.5, 0.6) is 0 Å². The van der Waals surface area contributed by atoms with E-state index in [1.54, 1.807) is 43.3 Å². The van der Waals surface area contributed by atoms with Gasteiger partial charge in [0.25, 0.3) is 0 Å². The summed E-state index contributed by atoms with van der Waals surface area (Å²) in [5.41, 5.74) is 4.99. The van der Waals surface area contributed by atoms with Crippen LogP contribution in [-0.2, 0) is 22.4 Å². The van der Waals surface area contributed by atoms with Crippen LogP contribution >= 0.6 is 58.0 Å². The second kappa shape index (κ2) is 11.2. The Bertz CT molecular complexity index is 1450. The van der Waals surface area contributed by atoms with Crippen molar-refractivity contribution in [2.24, 2.45) is 5.92 Å². The second-order valence-corrected chi connectivity index (χ2v) is 12.4. The van der Waals surface area contributed by atoms with Crippen molar-refractivity contribution in [3.63, 3.8) is 0 Å². The van der Waals surface area contributed by atoms with Gasteiger partial charge in [0.1, 0.15) is 10.1 Å². The van der Waals surface area contributed by atoms with E-state index in [0.717, 1.165) is 22.3 Å². The molecule has 38 heavy (non-hydrogen) atoms. The van der Waals surface area contributed by atoms with Crippen molar-refractivity contribution in [1.29, 1.82) is 0 Å². The average Bonchev–Trinajstić information content (AvgIpc) is 3.41. The maximum Gasteiger partial charge on any atom is 0.231 e. The van der Waals surface area contributed by atoms with Gasteiger partial charge >= 0.3 is 0 Å². The van der Waals surface area contributed by atoms with Crippen LogP contribution in [0.1, 0.15) is 51.0 Å². The smallest absolute Gasteiger partial charge is 0.231 e. The molecule has 0 aliphatic heterocycles. The summed E-state index contributed by atoms with van der Waals surface area (Å²) >= 11 is 31.5. The molecule has 2 unspecified atom stereocenters. The number of amides is 1. The summed E-state index contributed by atoms with van der Waals surface area (Å²) in [6, 6.07) is 13.5. The lowest BCUT2D eigenvalue weighted by atomic mass is 9.91. The maximum atomic E-state index is 13.3. The number of anilines is 1. The van der Waals surface area contributed by atoms with Crippen LogP contribution in [0.25, 0.3) is 0 Å². The molecular formula is C29H24Cl5NO3. The molecule has 9 heteroatoms. The number of rotatable bonds is 8. The van der Waals surface area contributed by atoms with Gasteiger partial charge < -0.3 is 5.32 Å². The van der Waals surface area contributed by atoms with Crippen molar-refractivity contribution in [2.75, 3.05) is 5.32 Å². The van der Waals surface area contributed by atoms with E-state index in [-0.39, 0.29) is 28.6 Å². The number of nitrogens with one attached hydrogen (secondary N) is 1. The molecule has 1 saturated carbocycles. The van der Waals surface area contributed by atoms with E-state index in [1.807, 2.05) is 26.0 Å². The summed E-state index contributed by atoms with van der Waals surface area (Å²) in [7, 11) is 0. The number of benzene rings is 3. The number of aryl methyl sites for hydroxylation is 1. The first-order valence-corrected chi connectivity index (χ1v) is 13.7. The highest BCUT2D eigenvalue weighted by Gasteiger charge is 2.67. The molecule has 0 aromatic heterocycles. The second-order valence-electron chi connectivity index (χ2n) is 9.64. The minimum absolute atomic E-state index is 0.0560. The van der Waals surface area contributed by atoms with Gasteiger partial charge in [-0.25, -0.2) is 0 Å². The van der Waals surface area contributed by atoms with Gasteiger partial charge in [-0.3, -0.25) is 14.4 Å². The van der Waals surface area contributed by atoms with Gasteiger partial charge in [-0.1, -0.05) is 46.9 Å². The molecule has 1 amide bonds. The third-order valence-electron chi connectivity index (χ3n) is 6.84. The van der Waals surface area contributed by atoms with Gasteiger partial charge in [0.15, 0.2) is 5.78 Å². The normalized spacial score (nSPS) is 17.7. The molecule has 4 nitrogen and oxygen atoms in total. The zero-order chi connectivity index (χ0) is 27.9. The Kier molecular flexibility index (Phi) is 8.52. The van der Waals surface area contributed by atoms with Crippen molar-refractivity contribution >= 4 is 81.2 Å². The summed E-state index contributed by atoms with van der Waals surface area (Å²) < 4.78 is -1.33. The number of Topliss-reactive ketones (excluding diaryl/α,β-unsaturated/α-hetero) is 2. The Labute approximate surface area is 246 Å². The highest BCUT2D eigenvalue weighted by Crippen LogP contribution is 2.65. The number of carbonyl (C=O) groups is 3. The van der Waals surface area contributed by atoms with Gasteiger partial charge in [0.2, 0.25) is 5.91 Å². The van der Waals surface area contributed by atoms with Crippen LogP contribution in [-0.4, -0.2) is 21.8 Å². The molecule has 0 radical (unpaired) electrons. The number of ketones is 2. The van der Waals surface area contributed by atoms with Crippen molar-refractivity contribution in [3.05, 3.63) is 97.0 Å². The molecule has 0 saturated heterocycles. The van der Waals surface area contributed by atoms with Crippen LogP contribution in [0.15, 0.2) is 48.5 Å². The van der Waals surface area contributed by atoms with Gasteiger partial charge in [-0.15, -0.1) is 23.2 Å². The molecule has 0 heterocycles. The third-order valence-corrected chi connectivity index (χ3v) is 8.54. The van der Waals surface area contributed by atoms with Gasteiger partial charge in [-0.05, 0) is 85.0 Å². The summed E-state index contributed by atoms with van der Waals surface area (Å²) in [4.78, 5) is 38.1. The van der Waals surface area contributed by atoms with E-state index in [4.69, 9.17) is 58.0 Å².